The molecule has 114 valence electrons. The van der Waals surface area contributed by atoms with Crippen molar-refractivity contribution < 1.29 is 0 Å². The van der Waals surface area contributed by atoms with E-state index in [0.29, 0.717) is 12.0 Å². The van der Waals surface area contributed by atoms with Crippen molar-refractivity contribution in [2.24, 2.45) is 13.0 Å². The Morgan fingerprint density at radius 2 is 1.90 bits per heavy atom. The van der Waals surface area contributed by atoms with Crippen LogP contribution >= 0.6 is 0 Å². The van der Waals surface area contributed by atoms with Gasteiger partial charge in [-0.15, -0.1) is 0 Å². The van der Waals surface area contributed by atoms with E-state index in [1.165, 1.54) is 17.7 Å². The molecule has 0 aliphatic carbocycles. The zero-order valence-corrected chi connectivity index (χ0v) is 13.4. The first-order chi connectivity index (χ1) is 10.1. The fraction of sp³-hybridized carbons (Fsp3) is 0.500. The number of hydrogen-bond acceptors (Lipinski definition) is 2. The normalized spacial score (nSPS) is 12.8. The van der Waals surface area contributed by atoms with Crippen LogP contribution in [0.4, 0.5) is 0 Å². The molecule has 1 N–H and O–H groups in total. The van der Waals surface area contributed by atoms with E-state index < -0.39 is 0 Å². The molecule has 1 aromatic carbocycles. The zero-order chi connectivity index (χ0) is 15.1. The van der Waals surface area contributed by atoms with E-state index >= 15 is 0 Å². The molecule has 21 heavy (non-hydrogen) atoms. The van der Waals surface area contributed by atoms with Crippen LogP contribution in [-0.2, 0) is 19.9 Å². The highest BCUT2D eigenvalue weighted by atomic mass is 15.2. The molecule has 0 aliphatic heterocycles. The van der Waals surface area contributed by atoms with Crippen LogP contribution in [0.5, 0.6) is 0 Å². The van der Waals surface area contributed by atoms with Crippen molar-refractivity contribution in [2.75, 3.05) is 6.54 Å². The van der Waals surface area contributed by atoms with Gasteiger partial charge in [-0.05, 0) is 43.4 Å². The van der Waals surface area contributed by atoms with Crippen molar-refractivity contribution in [3.8, 4) is 0 Å². The Labute approximate surface area is 128 Å². The smallest absolute Gasteiger partial charge is 0.0492 e. The molecule has 2 aromatic rings. The van der Waals surface area contributed by atoms with Gasteiger partial charge in [-0.1, -0.05) is 44.2 Å². The molecule has 0 radical (unpaired) electrons. The average Bonchev–Trinajstić information content (AvgIpc) is 2.88. The maximum Gasteiger partial charge on any atom is 0.0492 e. The summed E-state index contributed by atoms with van der Waals surface area (Å²) < 4.78 is 1.98. The van der Waals surface area contributed by atoms with Crippen LogP contribution in [0.25, 0.3) is 0 Å². The van der Waals surface area contributed by atoms with Crippen molar-refractivity contribution in [3.05, 3.63) is 53.9 Å². The van der Waals surface area contributed by atoms with Crippen LogP contribution in [0.1, 0.15) is 31.5 Å². The van der Waals surface area contributed by atoms with Gasteiger partial charge in [-0.2, -0.15) is 5.10 Å². The van der Waals surface area contributed by atoms with Gasteiger partial charge in [0.25, 0.3) is 0 Å². The molecular weight excluding hydrogens is 258 g/mol. The van der Waals surface area contributed by atoms with Crippen LogP contribution in [0.3, 0.4) is 0 Å². The Morgan fingerprint density at radius 3 is 2.52 bits per heavy atom. The van der Waals surface area contributed by atoms with Gasteiger partial charge in [0.1, 0.15) is 0 Å². The average molecular weight is 285 g/mol. The van der Waals surface area contributed by atoms with Gasteiger partial charge >= 0.3 is 0 Å². The molecule has 0 bridgehead atoms. The van der Waals surface area contributed by atoms with Crippen LogP contribution in [0, 0.1) is 5.92 Å². The molecule has 0 aliphatic rings. The lowest BCUT2D eigenvalue weighted by Gasteiger charge is -2.19. The molecule has 2 rings (SSSR count). The highest BCUT2D eigenvalue weighted by Crippen LogP contribution is 2.15. The van der Waals surface area contributed by atoms with Crippen molar-refractivity contribution in [2.45, 2.75) is 39.2 Å². The van der Waals surface area contributed by atoms with E-state index in [-0.39, 0.29) is 0 Å². The second-order valence-electron chi connectivity index (χ2n) is 6.10. The lowest BCUT2D eigenvalue weighted by molar-refractivity contribution is 0.418. The maximum atomic E-state index is 4.25. The lowest BCUT2D eigenvalue weighted by atomic mass is 9.93. The minimum atomic E-state index is 0.542. The number of nitrogens with zero attached hydrogens (tertiary/aromatic N) is 2. The van der Waals surface area contributed by atoms with E-state index in [1.54, 1.807) is 0 Å². The summed E-state index contributed by atoms with van der Waals surface area (Å²) in [7, 11) is 2.02. The topological polar surface area (TPSA) is 29.9 Å². The van der Waals surface area contributed by atoms with Gasteiger partial charge in [0.2, 0.25) is 0 Å². The van der Waals surface area contributed by atoms with E-state index in [1.807, 2.05) is 17.9 Å². The van der Waals surface area contributed by atoms with Gasteiger partial charge in [-0.25, -0.2) is 0 Å². The van der Waals surface area contributed by atoms with Gasteiger partial charge in [-0.3, -0.25) is 4.68 Å². The Kier molecular flexibility index (Phi) is 6.00. The highest BCUT2D eigenvalue weighted by Gasteiger charge is 2.12. The number of rotatable bonds is 8. The summed E-state index contributed by atoms with van der Waals surface area (Å²) in [5.74, 6) is 0.657. The summed E-state index contributed by atoms with van der Waals surface area (Å²) >= 11 is 0. The molecule has 1 heterocycles. The first-order valence-corrected chi connectivity index (χ1v) is 7.89. The van der Waals surface area contributed by atoms with E-state index in [2.05, 4.69) is 60.7 Å². The van der Waals surface area contributed by atoms with Crippen LogP contribution in [0.15, 0.2) is 42.6 Å². The lowest BCUT2D eigenvalue weighted by Crippen LogP contribution is -2.30. The van der Waals surface area contributed by atoms with Crippen LogP contribution < -0.4 is 5.32 Å². The molecule has 0 spiro atoms. The summed E-state index contributed by atoms with van der Waals surface area (Å²) in [6, 6.07) is 13.5. The van der Waals surface area contributed by atoms with E-state index in [9.17, 15) is 0 Å². The van der Waals surface area contributed by atoms with Gasteiger partial charge in [0.05, 0.1) is 0 Å². The first kappa shape index (κ1) is 15.8. The molecule has 0 saturated carbocycles. The van der Waals surface area contributed by atoms with Crippen molar-refractivity contribution in [1.82, 2.24) is 15.1 Å². The Hall–Kier alpha value is -1.61. The molecule has 0 saturated heterocycles. The number of aryl methyl sites for hydroxylation is 2. The standard InChI is InChI=1S/C18H27N3/c1-15(2)19-14-17(13-16-7-5-4-6-8-16)9-10-18-11-12-20-21(18)3/h4-8,11-12,15,17,19H,9-10,13-14H2,1-3H3. The van der Waals surface area contributed by atoms with Crippen molar-refractivity contribution >= 4 is 0 Å². The predicted molar refractivity (Wildman–Crippen MR) is 88.3 cm³/mol. The predicted octanol–water partition coefficient (Wildman–Crippen LogP) is 3.21. The quantitative estimate of drug-likeness (QED) is 0.807. The molecule has 1 atom stereocenters. The minimum Gasteiger partial charge on any atom is -0.314 e. The number of nitrogens with one attached hydrogen (secondary N) is 1. The number of benzene rings is 1. The molecule has 1 unspecified atom stereocenters. The summed E-state index contributed by atoms with van der Waals surface area (Å²) in [5, 5.41) is 7.84. The highest BCUT2D eigenvalue weighted by molar-refractivity contribution is 5.15. The van der Waals surface area contributed by atoms with Gasteiger partial charge < -0.3 is 5.32 Å². The summed E-state index contributed by atoms with van der Waals surface area (Å²) in [4.78, 5) is 0. The fourth-order valence-electron chi connectivity index (χ4n) is 2.62. The first-order valence-electron chi connectivity index (χ1n) is 7.89. The third kappa shape index (κ3) is 5.35. The van der Waals surface area contributed by atoms with Crippen LogP contribution in [-0.4, -0.2) is 22.4 Å². The Bertz CT molecular complexity index is 516. The zero-order valence-electron chi connectivity index (χ0n) is 13.4. The summed E-state index contributed by atoms with van der Waals surface area (Å²) in [5.41, 5.74) is 2.75. The monoisotopic (exact) mass is 285 g/mol. The van der Waals surface area contributed by atoms with Crippen molar-refractivity contribution in [3.63, 3.8) is 0 Å². The molecule has 0 fully saturated rings. The number of aromatic nitrogens is 2. The maximum absolute atomic E-state index is 4.25. The minimum absolute atomic E-state index is 0.542. The molecule has 1 aromatic heterocycles. The Morgan fingerprint density at radius 1 is 1.14 bits per heavy atom. The second-order valence-corrected chi connectivity index (χ2v) is 6.10. The van der Waals surface area contributed by atoms with E-state index in [0.717, 1.165) is 19.4 Å². The number of hydrogen-bond donors (Lipinski definition) is 1. The second kappa shape index (κ2) is 7.99. The van der Waals surface area contributed by atoms with E-state index in [4.69, 9.17) is 0 Å². The third-order valence-corrected chi connectivity index (χ3v) is 3.91. The summed E-state index contributed by atoms with van der Waals surface area (Å²) in [6.07, 6.45) is 5.30. The van der Waals surface area contributed by atoms with Crippen molar-refractivity contribution in [1.29, 1.82) is 0 Å². The molecular formula is C18H27N3. The van der Waals surface area contributed by atoms with Gasteiger partial charge in [0.15, 0.2) is 0 Å². The SMILES string of the molecule is CC(C)NCC(CCc1ccnn1C)Cc1ccccc1. The summed E-state index contributed by atoms with van der Waals surface area (Å²) in [6.45, 7) is 5.49. The molecule has 3 heteroatoms. The van der Waals surface area contributed by atoms with Crippen LogP contribution in [0.2, 0.25) is 0 Å². The third-order valence-electron chi connectivity index (χ3n) is 3.91. The molecule has 3 nitrogen and oxygen atoms in total. The largest absolute Gasteiger partial charge is 0.314 e. The molecule has 0 amide bonds. The Balaban J connectivity index is 1.93. The fourth-order valence-corrected chi connectivity index (χ4v) is 2.62. The van der Waals surface area contributed by atoms with Gasteiger partial charge in [0, 0.05) is 25.0 Å².